The first-order valence-corrected chi connectivity index (χ1v) is 8.63. The number of hydrogen-bond donors (Lipinski definition) is 2. The Bertz CT molecular complexity index is 1060. The summed E-state index contributed by atoms with van der Waals surface area (Å²) in [5.74, 6) is 1.37. The molecule has 4 nitrogen and oxygen atoms in total. The van der Waals surface area contributed by atoms with Gasteiger partial charge in [0.25, 0.3) is 0 Å². The number of aryl methyl sites for hydroxylation is 1. The van der Waals surface area contributed by atoms with Gasteiger partial charge in [-0.25, -0.2) is 4.98 Å². The van der Waals surface area contributed by atoms with Crippen molar-refractivity contribution in [1.29, 1.82) is 0 Å². The minimum absolute atomic E-state index is 0.579. The molecule has 0 aliphatic heterocycles. The molecule has 0 fully saturated rings. The number of nitrogens with zero attached hydrogens (tertiary/aromatic N) is 2. The number of para-hydroxylation sites is 2. The van der Waals surface area contributed by atoms with Crippen molar-refractivity contribution in [3.63, 3.8) is 0 Å². The zero-order valence-electron chi connectivity index (χ0n) is 14.8. The average molecular weight is 340 g/mol. The van der Waals surface area contributed by atoms with Gasteiger partial charge in [-0.3, -0.25) is 0 Å². The fraction of sp³-hybridized carbons (Fsp3) is 0.0909. The summed E-state index contributed by atoms with van der Waals surface area (Å²) in [5, 5.41) is 7.77. The molecule has 26 heavy (non-hydrogen) atoms. The van der Waals surface area contributed by atoms with Crippen LogP contribution in [0.15, 0.2) is 72.8 Å². The van der Waals surface area contributed by atoms with Crippen molar-refractivity contribution in [3.05, 3.63) is 83.9 Å². The second kappa shape index (κ2) is 6.84. The highest BCUT2D eigenvalue weighted by Gasteiger charge is 2.09. The molecule has 1 aromatic heterocycles. The number of anilines is 4. The summed E-state index contributed by atoms with van der Waals surface area (Å²) in [7, 11) is 0. The molecule has 2 N–H and O–H groups in total. The van der Waals surface area contributed by atoms with E-state index in [0.717, 1.165) is 28.1 Å². The molecule has 0 unspecified atom stereocenters. The number of aromatic nitrogens is 2. The van der Waals surface area contributed by atoms with Gasteiger partial charge in [-0.1, -0.05) is 42.5 Å². The van der Waals surface area contributed by atoms with Crippen molar-refractivity contribution in [1.82, 2.24) is 9.97 Å². The molecular formula is C22H20N4. The van der Waals surface area contributed by atoms with Crippen LogP contribution in [0, 0.1) is 13.8 Å². The highest BCUT2D eigenvalue weighted by atomic mass is 15.1. The summed E-state index contributed by atoms with van der Waals surface area (Å²) in [6.45, 7) is 4.20. The van der Waals surface area contributed by atoms with Crippen LogP contribution in [-0.2, 0) is 0 Å². The van der Waals surface area contributed by atoms with Gasteiger partial charge in [0.05, 0.1) is 5.52 Å². The molecule has 128 valence electrons. The van der Waals surface area contributed by atoms with Gasteiger partial charge < -0.3 is 10.6 Å². The lowest BCUT2D eigenvalue weighted by Gasteiger charge is -2.13. The third kappa shape index (κ3) is 3.22. The molecule has 4 aromatic rings. The Hall–Kier alpha value is -3.40. The minimum Gasteiger partial charge on any atom is -0.340 e. The zero-order chi connectivity index (χ0) is 17.9. The number of hydrogen-bond acceptors (Lipinski definition) is 4. The van der Waals surface area contributed by atoms with E-state index in [1.807, 2.05) is 66.7 Å². The Morgan fingerprint density at radius 2 is 1.46 bits per heavy atom. The van der Waals surface area contributed by atoms with Crippen molar-refractivity contribution in [2.45, 2.75) is 13.8 Å². The van der Waals surface area contributed by atoms with Gasteiger partial charge in [0.15, 0.2) is 0 Å². The van der Waals surface area contributed by atoms with Crippen molar-refractivity contribution in [2.24, 2.45) is 0 Å². The number of nitrogens with one attached hydrogen (secondary N) is 2. The van der Waals surface area contributed by atoms with Crippen LogP contribution < -0.4 is 10.6 Å². The number of rotatable bonds is 4. The van der Waals surface area contributed by atoms with E-state index in [2.05, 4.69) is 35.5 Å². The van der Waals surface area contributed by atoms with Gasteiger partial charge in [0.1, 0.15) is 5.82 Å². The van der Waals surface area contributed by atoms with Crippen molar-refractivity contribution < 1.29 is 0 Å². The van der Waals surface area contributed by atoms with E-state index in [1.165, 1.54) is 11.1 Å². The third-order valence-electron chi connectivity index (χ3n) is 4.49. The number of fused-ring (bicyclic) bond motifs is 1. The average Bonchev–Trinajstić information content (AvgIpc) is 2.66. The van der Waals surface area contributed by atoms with Crippen molar-refractivity contribution >= 4 is 34.0 Å². The fourth-order valence-corrected chi connectivity index (χ4v) is 2.89. The van der Waals surface area contributed by atoms with Gasteiger partial charge in [-0.05, 0) is 55.3 Å². The molecule has 0 bridgehead atoms. The molecular weight excluding hydrogens is 320 g/mol. The third-order valence-corrected chi connectivity index (χ3v) is 4.49. The SMILES string of the molecule is Cc1cccc(Nc2nc(Nc3ccccc3)c3ccccc3n2)c1C. The smallest absolute Gasteiger partial charge is 0.229 e. The quantitative estimate of drug-likeness (QED) is 0.498. The van der Waals surface area contributed by atoms with Crippen LogP contribution in [0.25, 0.3) is 10.9 Å². The summed E-state index contributed by atoms with van der Waals surface area (Å²) in [5.41, 5.74) is 5.34. The van der Waals surface area contributed by atoms with Crippen molar-refractivity contribution in [2.75, 3.05) is 10.6 Å². The largest absolute Gasteiger partial charge is 0.340 e. The zero-order valence-corrected chi connectivity index (χ0v) is 14.8. The summed E-state index contributed by atoms with van der Waals surface area (Å²) in [4.78, 5) is 9.41. The maximum absolute atomic E-state index is 4.73. The van der Waals surface area contributed by atoms with E-state index in [0.29, 0.717) is 5.95 Å². The standard InChI is InChI=1S/C22H20N4/c1-15-9-8-14-19(16(15)2)24-22-25-20-13-7-6-12-18(20)21(26-22)23-17-10-4-3-5-11-17/h3-14H,1-2H3,(H2,23,24,25,26). The maximum atomic E-state index is 4.73. The monoisotopic (exact) mass is 340 g/mol. The Balaban J connectivity index is 1.77. The van der Waals surface area contributed by atoms with Crippen LogP contribution in [0.2, 0.25) is 0 Å². The van der Waals surface area contributed by atoms with Gasteiger partial charge in [0, 0.05) is 16.8 Å². The fourth-order valence-electron chi connectivity index (χ4n) is 2.89. The van der Waals surface area contributed by atoms with E-state index < -0.39 is 0 Å². The second-order valence-corrected chi connectivity index (χ2v) is 6.28. The summed E-state index contributed by atoms with van der Waals surface area (Å²) >= 11 is 0. The lowest BCUT2D eigenvalue weighted by Crippen LogP contribution is -2.03. The predicted octanol–water partition coefficient (Wildman–Crippen LogP) is 5.73. The van der Waals surface area contributed by atoms with Gasteiger partial charge in [-0.15, -0.1) is 0 Å². The Morgan fingerprint density at radius 3 is 2.31 bits per heavy atom. The van der Waals surface area contributed by atoms with Crippen LogP contribution >= 0.6 is 0 Å². The van der Waals surface area contributed by atoms with E-state index >= 15 is 0 Å². The highest BCUT2D eigenvalue weighted by Crippen LogP contribution is 2.27. The molecule has 0 aliphatic rings. The molecule has 0 aliphatic carbocycles. The van der Waals surface area contributed by atoms with Gasteiger partial charge in [-0.2, -0.15) is 4.98 Å². The first kappa shape index (κ1) is 16.1. The van der Waals surface area contributed by atoms with Crippen LogP contribution in [0.5, 0.6) is 0 Å². The predicted molar refractivity (Wildman–Crippen MR) is 108 cm³/mol. The van der Waals surface area contributed by atoms with Crippen LogP contribution in [0.1, 0.15) is 11.1 Å². The van der Waals surface area contributed by atoms with Gasteiger partial charge >= 0.3 is 0 Å². The Kier molecular flexibility index (Phi) is 4.23. The van der Waals surface area contributed by atoms with Crippen LogP contribution in [0.4, 0.5) is 23.1 Å². The van der Waals surface area contributed by atoms with Crippen molar-refractivity contribution in [3.8, 4) is 0 Å². The van der Waals surface area contributed by atoms with Gasteiger partial charge in [0.2, 0.25) is 5.95 Å². The highest BCUT2D eigenvalue weighted by molar-refractivity contribution is 5.92. The maximum Gasteiger partial charge on any atom is 0.229 e. The van der Waals surface area contributed by atoms with E-state index in [-0.39, 0.29) is 0 Å². The lowest BCUT2D eigenvalue weighted by atomic mass is 10.1. The molecule has 4 rings (SSSR count). The van der Waals surface area contributed by atoms with Crippen LogP contribution in [-0.4, -0.2) is 9.97 Å². The van der Waals surface area contributed by atoms with E-state index in [1.54, 1.807) is 0 Å². The molecule has 3 aromatic carbocycles. The lowest BCUT2D eigenvalue weighted by molar-refractivity contribution is 1.20. The van der Waals surface area contributed by atoms with E-state index in [4.69, 9.17) is 4.98 Å². The molecule has 4 heteroatoms. The van der Waals surface area contributed by atoms with Crippen LogP contribution in [0.3, 0.4) is 0 Å². The minimum atomic E-state index is 0.579. The second-order valence-electron chi connectivity index (χ2n) is 6.28. The topological polar surface area (TPSA) is 49.8 Å². The first-order chi connectivity index (χ1) is 12.7. The molecule has 0 radical (unpaired) electrons. The first-order valence-electron chi connectivity index (χ1n) is 8.63. The molecule has 0 spiro atoms. The molecule has 0 amide bonds. The molecule has 0 atom stereocenters. The molecule has 0 saturated heterocycles. The number of benzene rings is 3. The Labute approximate surface area is 152 Å². The summed E-state index contributed by atoms with van der Waals surface area (Å²) < 4.78 is 0. The molecule has 1 heterocycles. The normalized spacial score (nSPS) is 10.7. The molecule has 0 saturated carbocycles. The Morgan fingerprint density at radius 1 is 0.692 bits per heavy atom. The summed E-state index contributed by atoms with van der Waals surface area (Å²) in [6.07, 6.45) is 0. The summed E-state index contributed by atoms with van der Waals surface area (Å²) in [6, 6.07) is 24.2. The van der Waals surface area contributed by atoms with E-state index in [9.17, 15) is 0 Å².